The topological polar surface area (TPSA) is 43.8 Å². The van der Waals surface area contributed by atoms with Gasteiger partial charge in [-0.1, -0.05) is 0 Å². The van der Waals surface area contributed by atoms with Crippen LogP contribution in [-0.2, 0) is 5.54 Å². The second-order valence-electron chi connectivity index (χ2n) is 4.34. The minimum Gasteiger partial charge on any atom is -0.321 e. The van der Waals surface area contributed by atoms with Crippen molar-refractivity contribution in [2.75, 3.05) is 0 Å². The van der Waals surface area contributed by atoms with Crippen LogP contribution in [0.5, 0.6) is 0 Å². The summed E-state index contributed by atoms with van der Waals surface area (Å²) in [7, 11) is 0. The molecule has 0 bridgehead atoms. The lowest BCUT2D eigenvalue weighted by molar-refractivity contribution is 0.517. The highest BCUT2D eigenvalue weighted by Crippen LogP contribution is 2.44. The second-order valence-corrected chi connectivity index (χ2v) is 4.34. The molecule has 1 fully saturated rings. The summed E-state index contributed by atoms with van der Waals surface area (Å²) in [5, 5.41) is 4.36. The van der Waals surface area contributed by atoms with E-state index < -0.39 is 0 Å². The van der Waals surface area contributed by atoms with E-state index in [9.17, 15) is 0 Å². The molecule has 3 heteroatoms. The number of aromatic nitrogens is 2. The molecule has 1 aromatic heterocycles. The summed E-state index contributed by atoms with van der Waals surface area (Å²) in [5.74, 6) is 0. The second kappa shape index (κ2) is 2.58. The minimum atomic E-state index is -0.0444. The van der Waals surface area contributed by atoms with Crippen molar-refractivity contribution in [1.29, 1.82) is 0 Å². The number of nitrogens with two attached hydrogens (primary N) is 1. The fraction of sp³-hybridized carbons (Fsp3) is 0.700. The van der Waals surface area contributed by atoms with Crippen LogP contribution in [0.2, 0.25) is 0 Å². The Balaban J connectivity index is 2.39. The molecule has 0 aliphatic heterocycles. The van der Waals surface area contributed by atoms with Crippen LogP contribution in [0, 0.1) is 6.92 Å². The molecule has 0 aromatic carbocycles. The average molecular weight is 179 g/mol. The molecular formula is C10H17N3. The first-order chi connectivity index (χ1) is 6.04. The van der Waals surface area contributed by atoms with Gasteiger partial charge in [0.15, 0.2) is 0 Å². The van der Waals surface area contributed by atoms with E-state index in [1.54, 1.807) is 0 Å². The van der Waals surface area contributed by atoms with Crippen molar-refractivity contribution in [3.63, 3.8) is 0 Å². The molecule has 2 rings (SSSR count). The van der Waals surface area contributed by atoms with Gasteiger partial charge in [0.1, 0.15) is 0 Å². The van der Waals surface area contributed by atoms with Gasteiger partial charge in [-0.15, -0.1) is 0 Å². The molecule has 3 nitrogen and oxygen atoms in total. The molecule has 2 N–H and O–H groups in total. The summed E-state index contributed by atoms with van der Waals surface area (Å²) in [5.41, 5.74) is 8.55. The molecule has 72 valence electrons. The maximum Gasteiger partial charge on any atom is 0.0543 e. The number of nitrogens with zero attached hydrogens (tertiary/aromatic N) is 2. The molecule has 0 radical (unpaired) electrons. The normalized spacial score (nSPS) is 19.5. The van der Waals surface area contributed by atoms with Crippen LogP contribution in [0.15, 0.2) is 6.20 Å². The lowest BCUT2D eigenvalue weighted by atomic mass is 10.1. The molecule has 1 aliphatic carbocycles. The molecule has 13 heavy (non-hydrogen) atoms. The highest BCUT2D eigenvalue weighted by Gasteiger charge is 2.42. The van der Waals surface area contributed by atoms with Crippen molar-refractivity contribution in [3.8, 4) is 0 Å². The van der Waals surface area contributed by atoms with Crippen LogP contribution in [0.3, 0.4) is 0 Å². The summed E-state index contributed by atoms with van der Waals surface area (Å²) >= 11 is 0. The molecule has 0 spiro atoms. The molecule has 0 amide bonds. The van der Waals surface area contributed by atoms with Gasteiger partial charge in [-0.2, -0.15) is 5.10 Å². The van der Waals surface area contributed by atoms with Crippen molar-refractivity contribution in [1.82, 2.24) is 9.78 Å². The van der Waals surface area contributed by atoms with Crippen LogP contribution < -0.4 is 5.73 Å². The Labute approximate surface area is 78.9 Å². The van der Waals surface area contributed by atoms with Crippen LogP contribution in [-0.4, -0.2) is 9.78 Å². The van der Waals surface area contributed by atoms with Crippen molar-refractivity contribution in [3.05, 3.63) is 17.5 Å². The smallest absolute Gasteiger partial charge is 0.0543 e. The van der Waals surface area contributed by atoms with E-state index in [0.717, 1.165) is 12.8 Å². The Morgan fingerprint density at radius 2 is 2.15 bits per heavy atom. The van der Waals surface area contributed by atoms with Gasteiger partial charge in [0, 0.05) is 22.8 Å². The van der Waals surface area contributed by atoms with Crippen LogP contribution in [0.4, 0.5) is 0 Å². The monoisotopic (exact) mass is 179 g/mol. The van der Waals surface area contributed by atoms with E-state index in [1.165, 1.54) is 11.3 Å². The summed E-state index contributed by atoms with van der Waals surface area (Å²) in [6.45, 7) is 6.38. The van der Waals surface area contributed by atoms with E-state index >= 15 is 0 Å². The Morgan fingerprint density at radius 1 is 1.54 bits per heavy atom. The maximum absolute atomic E-state index is 6.13. The van der Waals surface area contributed by atoms with Crippen molar-refractivity contribution >= 4 is 0 Å². The standard InChI is InChI=1S/C10H17N3/c1-7(2)13-8(3)9(6-12-13)10(11)4-5-10/h6-7H,4-5,11H2,1-3H3. The van der Waals surface area contributed by atoms with E-state index in [2.05, 4.69) is 25.9 Å². The summed E-state index contributed by atoms with van der Waals surface area (Å²) in [6, 6.07) is 0.427. The third kappa shape index (κ3) is 1.27. The molecule has 1 heterocycles. The first-order valence-corrected chi connectivity index (χ1v) is 4.88. The third-order valence-electron chi connectivity index (χ3n) is 2.86. The van der Waals surface area contributed by atoms with Gasteiger partial charge in [0.25, 0.3) is 0 Å². The Kier molecular flexibility index (Phi) is 1.74. The first-order valence-electron chi connectivity index (χ1n) is 4.88. The third-order valence-corrected chi connectivity index (χ3v) is 2.86. The van der Waals surface area contributed by atoms with Gasteiger partial charge in [-0.05, 0) is 33.6 Å². The summed E-state index contributed by atoms with van der Waals surface area (Å²) in [4.78, 5) is 0. The molecule has 0 saturated heterocycles. The first kappa shape index (κ1) is 8.75. The molecule has 0 unspecified atom stereocenters. The zero-order valence-electron chi connectivity index (χ0n) is 8.54. The van der Waals surface area contributed by atoms with Crippen molar-refractivity contribution in [2.45, 2.75) is 45.2 Å². The van der Waals surface area contributed by atoms with E-state index in [4.69, 9.17) is 5.73 Å². The predicted octanol–water partition coefficient (Wildman–Crippen LogP) is 1.72. The molecule has 1 aliphatic rings. The van der Waals surface area contributed by atoms with Gasteiger partial charge < -0.3 is 5.73 Å². The van der Waals surface area contributed by atoms with Crippen LogP contribution in [0.25, 0.3) is 0 Å². The summed E-state index contributed by atoms with van der Waals surface area (Å²) in [6.07, 6.45) is 4.15. The average Bonchev–Trinajstić information content (AvgIpc) is 2.63. The van der Waals surface area contributed by atoms with E-state index in [0.29, 0.717) is 6.04 Å². The fourth-order valence-electron chi connectivity index (χ4n) is 1.84. The van der Waals surface area contributed by atoms with Gasteiger partial charge in [0.05, 0.1) is 6.20 Å². The summed E-state index contributed by atoms with van der Waals surface area (Å²) < 4.78 is 2.04. The van der Waals surface area contributed by atoms with Gasteiger partial charge in [0.2, 0.25) is 0 Å². The quantitative estimate of drug-likeness (QED) is 0.751. The van der Waals surface area contributed by atoms with Crippen LogP contribution in [0.1, 0.15) is 44.0 Å². The van der Waals surface area contributed by atoms with E-state index in [-0.39, 0.29) is 5.54 Å². The van der Waals surface area contributed by atoms with Crippen LogP contribution >= 0.6 is 0 Å². The highest BCUT2D eigenvalue weighted by atomic mass is 15.3. The predicted molar refractivity (Wildman–Crippen MR) is 52.4 cm³/mol. The van der Waals surface area contributed by atoms with Crippen molar-refractivity contribution < 1.29 is 0 Å². The largest absolute Gasteiger partial charge is 0.321 e. The zero-order chi connectivity index (χ0) is 9.64. The molecule has 1 saturated carbocycles. The lowest BCUT2D eigenvalue weighted by Crippen LogP contribution is -2.19. The lowest BCUT2D eigenvalue weighted by Gasteiger charge is -2.11. The highest BCUT2D eigenvalue weighted by molar-refractivity contribution is 5.31. The fourth-order valence-corrected chi connectivity index (χ4v) is 1.84. The van der Waals surface area contributed by atoms with Gasteiger partial charge in [-0.25, -0.2) is 0 Å². The SMILES string of the molecule is Cc1c(C2(N)CC2)cnn1C(C)C. The number of hydrogen-bond donors (Lipinski definition) is 1. The molecular weight excluding hydrogens is 162 g/mol. The number of rotatable bonds is 2. The van der Waals surface area contributed by atoms with Gasteiger partial charge >= 0.3 is 0 Å². The minimum absolute atomic E-state index is 0.0444. The Bertz CT molecular complexity index is 321. The van der Waals surface area contributed by atoms with Gasteiger partial charge in [-0.3, -0.25) is 4.68 Å². The molecule has 1 aromatic rings. The van der Waals surface area contributed by atoms with Crippen molar-refractivity contribution in [2.24, 2.45) is 5.73 Å². The number of hydrogen-bond acceptors (Lipinski definition) is 2. The maximum atomic E-state index is 6.13. The molecule has 0 atom stereocenters. The zero-order valence-corrected chi connectivity index (χ0v) is 8.54. The Morgan fingerprint density at radius 3 is 2.54 bits per heavy atom. The Hall–Kier alpha value is -0.830. The van der Waals surface area contributed by atoms with E-state index in [1.807, 2.05) is 10.9 Å².